The van der Waals surface area contributed by atoms with Gasteiger partial charge in [0.2, 0.25) is 0 Å². The van der Waals surface area contributed by atoms with Gasteiger partial charge in [0.1, 0.15) is 5.75 Å². The molecule has 0 aliphatic heterocycles. The van der Waals surface area contributed by atoms with E-state index >= 15 is 0 Å². The maximum absolute atomic E-state index is 12.7. The number of aromatic nitrogens is 1. The molecule has 1 heterocycles. The van der Waals surface area contributed by atoms with E-state index in [-0.39, 0.29) is 12.2 Å². The molecule has 5 nitrogen and oxygen atoms in total. The van der Waals surface area contributed by atoms with E-state index in [1.165, 1.54) is 14.0 Å². The molecule has 0 aliphatic rings. The maximum atomic E-state index is 12.7. The maximum Gasteiger partial charge on any atom is 0.311 e. The Labute approximate surface area is 164 Å². The van der Waals surface area contributed by atoms with Crippen LogP contribution >= 0.6 is 0 Å². The van der Waals surface area contributed by atoms with Gasteiger partial charge in [-0.25, -0.2) is 0 Å². The van der Waals surface area contributed by atoms with Gasteiger partial charge in [-0.05, 0) is 42.8 Å². The lowest BCUT2D eigenvalue weighted by molar-refractivity contribution is -0.146. The van der Waals surface area contributed by atoms with Gasteiger partial charge < -0.3 is 9.47 Å². The molecule has 0 N–H and O–H groups in total. The van der Waals surface area contributed by atoms with Gasteiger partial charge in [-0.3, -0.25) is 14.6 Å². The molecule has 142 valence electrons. The van der Waals surface area contributed by atoms with E-state index in [1.54, 1.807) is 24.4 Å². The molecule has 28 heavy (non-hydrogen) atoms. The van der Waals surface area contributed by atoms with Crippen molar-refractivity contribution in [1.82, 2.24) is 4.98 Å². The Morgan fingerprint density at radius 2 is 1.75 bits per heavy atom. The number of methoxy groups -OCH3 is 1. The zero-order valence-electron chi connectivity index (χ0n) is 15.8. The van der Waals surface area contributed by atoms with Crippen LogP contribution in [0.3, 0.4) is 0 Å². The van der Waals surface area contributed by atoms with Crippen LogP contribution in [0, 0.1) is 0 Å². The van der Waals surface area contributed by atoms with Gasteiger partial charge in [0, 0.05) is 17.3 Å². The number of benzene rings is 2. The topological polar surface area (TPSA) is 65.5 Å². The summed E-state index contributed by atoms with van der Waals surface area (Å²) >= 11 is 0. The highest BCUT2D eigenvalue weighted by Crippen LogP contribution is 2.26. The van der Waals surface area contributed by atoms with Crippen molar-refractivity contribution >= 4 is 11.8 Å². The Balaban J connectivity index is 1.85. The smallest absolute Gasteiger partial charge is 0.311 e. The number of ether oxygens (including phenoxy) is 2. The minimum Gasteiger partial charge on any atom is -0.496 e. The van der Waals surface area contributed by atoms with Crippen LogP contribution in [0.1, 0.15) is 40.2 Å². The average Bonchev–Trinajstić information content (AvgIpc) is 2.73. The number of pyridine rings is 1. The van der Waals surface area contributed by atoms with Crippen molar-refractivity contribution in [2.75, 3.05) is 7.11 Å². The Kier molecular flexibility index (Phi) is 6.17. The summed E-state index contributed by atoms with van der Waals surface area (Å²) in [5.74, 6) is 0.0301. The molecular formula is C23H21NO4. The first kappa shape index (κ1) is 19.3. The summed E-state index contributed by atoms with van der Waals surface area (Å²) in [7, 11) is 1.53. The third kappa shape index (κ3) is 4.62. The van der Waals surface area contributed by atoms with Crippen LogP contribution in [0.25, 0.3) is 0 Å². The highest BCUT2D eigenvalue weighted by Gasteiger charge is 2.21. The summed E-state index contributed by atoms with van der Waals surface area (Å²) < 4.78 is 11.1. The Morgan fingerprint density at radius 3 is 2.39 bits per heavy atom. The van der Waals surface area contributed by atoms with E-state index in [0.29, 0.717) is 22.6 Å². The fraction of sp³-hybridized carbons (Fsp3) is 0.174. The highest BCUT2D eigenvalue weighted by atomic mass is 16.5. The van der Waals surface area contributed by atoms with E-state index in [2.05, 4.69) is 4.98 Å². The van der Waals surface area contributed by atoms with Gasteiger partial charge in [0.25, 0.3) is 0 Å². The number of carbonyl (C=O) groups excluding carboxylic acids is 2. The van der Waals surface area contributed by atoms with Crippen molar-refractivity contribution in [3.05, 3.63) is 95.3 Å². The molecule has 0 aliphatic carbocycles. The molecule has 0 spiro atoms. The first-order valence-electron chi connectivity index (χ1n) is 8.91. The fourth-order valence-corrected chi connectivity index (χ4v) is 2.92. The number of ketones is 1. The number of nitrogens with zero attached hydrogens (tertiary/aromatic N) is 1. The molecule has 5 heteroatoms. The molecule has 2 aromatic carbocycles. The van der Waals surface area contributed by atoms with Crippen molar-refractivity contribution in [1.29, 1.82) is 0 Å². The summed E-state index contributed by atoms with van der Waals surface area (Å²) in [6, 6.07) is 20.0. The normalized spacial score (nSPS) is 11.5. The molecule has 3 rings (SSSR count). The third-order valence-electron chi connectivity index (χ3n) is 4.33. The average molecular weight is 375 g/mol. The van der Waals surface area contributed by atoms with E-state index in [1.807, 2.05) is 48.5 Å². The van der Waals surface area contributed by atoms with E-state index in [4.69, 9.17) is 9.47 Å². The van der Waals surface area contributed by atoms with Crippen molar-refractivity contribution in [3.63, 3.8) is 0 Å². The second kappa shape index (κ2) is 8.95. The fourth-order valence-electron chi connectivity index (χ4n) is 2.92. The third-order valence-corrected chi connectivity index (χ3v) is 4.33. The predicted molar refractivity (Wildman–Crippen MR) is 105 cm³/mol. The van der Waals surface area contributed by atoms with Gasteiger partial charge >= 0.3 is 5.97 Å². The predicted octanol–water partition coefficient (Wildman–Crippen LogP) is 4.17. The van der Waals surface area contributed by atoms with Crippen LogP contribution in [0.15, 0.2) is 72.9 Å². The molecule has 1 aromatic heterocycles. The van der Waals surface area contributed by atoms with Gasteiger partial charge in [-0.2, -0.15) is 0 Å². The van der Waals surface area contributed by atoms with Crippen molar-refractivity contribution in [2.45, 2.75) is 19.4 Å². The Hall–Kier alpha value is -3.47. The molecule has 1 atom stereocenters. The lowest BCUT2D eigenvalue weighted by Crippen LogP contribution is -2.16. The van der Waals surface area contributed by atoms with Crippen LogP contribution in [-0.4, -0.2) is 23.8 Å². The molecule has 0 amide bonds. The summed E-state index contributed by atoms with van der Waals surface area (Å²) in [5.41, 5.74) is 2.60. The van der Waals surface area contributed by atoms with Crippen LogP contribution in [-0.2, 0) is 16.0 Å². The lowest BCUT2D eigenvalue weighted by Gasteiger charge is -2.18. The monoisotopic (exact) mass is 375 g/mol. The quantitative estimate of drug-likeness (QED) is 0.458. The van der Waals surface area contributed by atoms with E-state index in [0.717, 1.165) is 5.56 Å². The number of rotatable bonds is 7. The summed E-state index contributed by atoms with van der Waals surface area (Å²) in [5, 5.41) is 0. The second-order valence-electron chi connectivity index (χ2n) is 6.29. The van der Waals surface area contributed by atoms with E-state index in [9.17, 15) is 9.59 Å². The van der Waals surface area contributed by atoms with Crippen molar-refractivity contribution in [3.8, 4) is 5.75 Å². The number of carbonyl (C=O) groups is 2. The molecular weight excluding hydrogens is 354 g/mol. The molecule has 3 aromatic rings. The molecule has 0 fully saturated rings. The first-order chi connectivity index (χ1) is 13.6. The first-order valence-corrected chi connectivity index (χ1v) is 8.91. The number of hydrogen-bond acceptors (Lipinski definition) is 5. The van der Waals surface area contributed by atoms with Crippen LogP contribution in [0.4, 0.5) is 0 Å². The summed E-state index contributed by atoms with van der Waals surface area (Å²) in [6.07, 6.45) is 1.04. The minimum atomic E-state index is -0.614. The molecule has 1 unspecified atom stereocenters. The second-order valence-corrected chi connectivity index (χ2v) is 6.29. The number of Topliss-reactive ketones (excluding diaryl/α,β-unsaturated/α-hetero) is 1. The van der Waals surface area contributed by atoms with Crippen LogP contribution in [0.5, 0.6) is 5.75 Å². The lowest BCUT2D eigenvalue weighted by atomic mass is 10.0. The number of hydrogen-bond donors (Lipinski definition) is 0. The van der Waals surface area contributed by atoms with Gasteiger partial charge in [0.05, 0.1) is 19.2 Å². The highest BCUT2D eigenvalue weighted by molar-refractivity contribution is 5.94. The van der Waals surface area contributed by atoms with Gasteiger partial charge in [-0.15, -0.1) is 0 Å². The van der Waals surface area contributed by atoms with Gasteiger partial charge in [-0.1, -0.05) is 36.4 Å². The van der Waals surface area contributed by atoms with Crippen molar-refractivity contribution in [2.24, 2.45) is 0 Å². The molecule has 0 saturated heterocycles. The van der Waals surface area contributed by atoms with Gasteiger partial charge in [0.15, 0.2) is 11.9 Å². The minimum absolute atomic E-state index is 0.0134. The zero-order chi connectivity index (χ0) is 19.9. The Morgan fingerprint density at radius 1 is 1.00 bits per heavy atom. The van der Waals surface area contributed by atoms with Crippen LogP contribution in [0.2, 0.25) is 0 Å². The summed E-state index contributed by atoms with van der Waals surface area (Å²) in [4.78, 5) is 28.7. The SMILES string of the molecule is COc1ccc(C(C)=O)cc1CC(=O)OC(c1ccccc1)c1ccccn1. The number of esters is 1. The zero-order valence-corrected chi connectivity index (χ0v) is 15.8. The summed E-state index contributed by atoms with van der Waals surface area (Å²) in [6.45, 7) is 1.48. The Bertz CT molecular complexity index is 915. The standard InChI is InChI=1S/C23H21NO4/c1-16(25)18-11-12-21(27-2)19(14-18)15-22(26)28-23(17-8-4-3-5-9-17)20-10-6-7-13-24-20/h3-14,23H,15H2,1-2H3. The molecule has 0 bridgehead atoms. The molecule has 0 radical (unpaired) electrons. The van der Waals surface area contributed by atoms with Crippen molar-refractivity contribution < 1.29 is 19.1 Å². The largest absolute Gasteiger partial charge is 0.496 e. The molecule has 0 saturated carbocycles. The van der Waals surface area contributed by atoms with Crippen LogP contribution < -0.4 is 4.74 Å². The van der Waals surface area contributed by atoms with E-state index < -0.39 is 12.1 Å².